The highest BCUT2D eigenvalue weighted by molar-refractivity contribution is 5.90. The number of anilines is 1. The zero-order chi connectivity index (χ0) is 10.6. The second kappa shape index (κ2) is 4.46. The fourth-order valence-electron chi connectivity index (χ4n) is 1.24. The largest absolute Gasteiger partial charge is 0.478 e. The molecule has 1 aromatic rings. The number of carboxylic acids is 1. The van der Waals surface area contributed by atoms with Crippen LogP contribution < -0.4 is 5.73 Å². The molecule has 0 fully saturated rings. The molecule has 0 bridgehead atoms. The normalized spacial score (nSPS) is 11.4. The van der Waals surface area contributed by atoms with Crippen molar-refractivity contribution in [3.05, 3.63) is 35.9 Å². The maximum absolute atomic E-state index is 10.5. The standard InChI is InChI=1S/C11H13NO2/c1-2-8(7-11(13)14)9-3-5-10(12)6-4-9/h3-7H,2,12H2,1H3,(H,13,14). The molecule has 0 saturated heterocycles. The predicted molar refractivity (Wildman–Crippen MR) is 56.8 cm³/mol. The van der Waals surface area contributed by atoms with Crippen molar-refractivity contribution in [2.24, 2.45) is 0 Å². The van der Waals surface area contributed by atoms with Crippen LogP contribution >= 0.6 is 0 Å². The third-order valence-electron chi connectivity index (χ3n) is 1.96. The summed E-state index contributed by atoms with van der Waals surface area (Å²) >= 11 is 0. The Morgan fingerprint density at radius 1 is 1.43 bits per heavy atom. The summed E-state index contributed by atoms with van der Waals surface area (Å²) in [5, 5.41) is 8.63. The van der Waals surface area contributed by atoms with E-state index in [9.17, 15) is 4.79 Å². The van der Waals surface area contributed by atoms with Crippen LogP contribution in [0.25, 0.3) is 5.57 Å². The minimum Gasteiger partial charge on any atom is -0.478 e. The van der Waals surface area contributed by atoms with Crippen LogP contribution in [-0.2, 0) is 4.79 Å². The van der Waals surface area contributed by atoms with Gasteiger partial charge in [-0.3, -0.25) is 0 Å². The molecule has 0 aliphatic heterocycles. The first-order chi connectivity index (χ1) is 6.63. The highest BCUT2D eigenvalue weighted by Crippen LogP contribution is 2.18. The summed E-state index contributed by atoms with van der Waals surface area (Å²) in [4.78, 5) is 10.5. The summed E-state index contributed by atoms with van der Waals surface area (Å²) in [7, 11) is 0. The van der Waals surface area contributed by atoms with Crippen molar-refractivity contribution in [1.82, 2.24) is 0 Å². The van der Waals surface area contributed by atoms with Crippen molar-refractivity contribution in [2.75, 3.05) is 5.73 Å². The number of carboxylic acid groups (broad SMARTS) is 1. The number of hydrogen-bond acceptors (Lipinski definition) is 2. The van der Waals surface area contributed by atoms with Crippen LogP contribution in [0, 0.1) is 0 Å². The van der Waals surface area contributed by atoms with E-state index in [1.807, 2.05) is 19.1 Å². The molecule has 14 heavy (non-hydrogen) atoms. The Labute approximate surface area is 82.9 Å². The molecule has 0 aliphatic carbocycles. The van der Waals surface area contributed by atoms with Gasteiger partial charge in [0, 0.05) is 11.8 Å². The zero-order valence-corrected chi connectivity index (χ0v) is 8.03. The molecule has 0 saturated carbocycles. The lowest BCUT2D eigenvalue weighted by Gasteiger charge is -2.03. The van der Waals surface area contributed by atoms with Crippen molar-refractivity contribution >= 4 is 17.2 Å². The smallest absolute Gasteiger partial charge is 0.328 e. The Morgan fingerprint density at radius 3 is 2.43 bits per heavy atom. The molecular weight excluding hydrogens is 178 g/mol. The van der Waals surface area contributed by atoms with E-state index in [4.69, 9.17) is 10.8 Å². The highest BCUT2D eigenvalue weighted by Gasteiger charge is 2.01. The van der Waals surface area contributed by atoms with Crippen LogP contribution in [0.15, 0.2) is 30.3 Å². The quantitative estimate of drug-likeness (QED) is 0.568. The minimum atomic E-state index is -0.918. The molecule has 0 radical (unpaired) electrons. The third kappa shape index (κ3) is 2.62. The molecule has 0 atom stereocenters. The number of carbonyl (C=O) groups is 1. The number of allylic oxidation sites excluding steroid dienone is 1. The molecule has 0 amide bonds. The van der Waals surface area contributed by atoms with Gasteiger partial charge < -0.3 is 10.8 Å². The van der Waals surface area contributed by atoms with Gasteiger partial charge in [0.2, 0.25) is 0 Å². The SMILES string of the molecule is CCC(=CC(=O)O)c1ccc(N)cc1. The van der Waals surface area contributed by atoms with E-state index < -0.39 is 5.97 Å². The molecule has 0 unspecified atom stereocenters. The Morgan fingerprint density at radius 2 is 2.00 bits per heavy atom. The maximum atomic E-state index is 10.5. The summed E-state index contributed by atoms with van der Waals surface area (Å²) in [6.07, 6.45) is 1.92. The number of rotatable bonds is 3. The Hall–Kier alpha value is -1.77. The van der Waals surface area contributed by atoms with Crippen LogP contribution in [0.1, 0.15) is 18.9 Å². The second-order valence-corrected chi connectivity index (χ2v) is 2.98. The van der Waals surface area contributed by atoms with Gasteiger partial charge >= 0.3 is 5.97 Å². The van der Waals surface area contributed by atoms with Crippen LogP contribution in [0.4, 0.5) is 5.69 Å². The summed E-state index contributed by atoms with van der Waals surface area (Å²) in [6, 6.07) is 7.18. The zero-order valence-electron chi connectivity index (χ0n) is 8.03. The monoisotopic (exact) mass is 191 g/mol. The van der Waals surface area contributed by atoms with E-state index in [1.54, 1.807) is 12.1 Å². The number of aliphatic carboxylic acids is 1. The van der Waals surface area contributed by atoms with Gasteiger partial charge in [-0.05, 0) is 29.7 Å². The Kier molecular flexibility index (Phi) is 3.29. The average Bonchev–Trinajstić information content (AvgIpc) is 2.15. The van der Waals surface area contributed by atoms with Crippen molar-refractivity contribution in [3.63, 3.8) is 0 Å². The number of hydrogen-bond donors (Lipinski definition) is 2. The molecule has 0 aliphatic rings. The topological polar surface area (TPSA) is 63.3 Å². The van der Waals surface area contributed by atoms with E-state index in [1.165, 1.54) is 6.08 Å². The van der Waals surface area contributed by atoms with Crippen LogP contribution in [-0.4, -0.2) is 11.1 Å². The third-order valence-corrected chi connectivity index (χ3v) is 1.96. The van der Waals surface area contributed by atoms with E-state index >= 15 is 0 Å². The summed E-state index contributed by atoms with van der Waals surface area (Å²) in [5.41, 5.74) is 7.92. The van der Waals surface area contributed by atoms with Crippen LogP contribution in [0.2, 0.25) is 0 Å². The Balaban J connectivity index is 3.01. The molecule has 0 aromatic heterocycles. The second-order valence-electron chi connectivity index (χ2n) is 2.98. The van der Waals surface area contributed by atoms with E-state index in [0.29, 0.717) is 12.1 Å². The van der Waals surface area contributed by atoms with Gasteiger partial charge in [-0.25, -0.2) is 4.79 Å². The molecule has 3 nitrogen and oxygen atoms in total. The van der Waals surface area contributed by atoms with Gasteiger partial charge in [0.1, 0.15) is 0 Å². The lowest BCUT2D eigenvalue weighted by Crippen LogP contribution is -1.92. The van der Waals surface area contributed by atoms with Crippen molar-refractivity contribution in [3.8, 4) is 0 Å². The van der Waals surface area contributed by atoms with Crippen molar-refractivity contribution in [2.45, 2.75) is 13.3 Å². The summed E-state index contributed by atoms with van der Waals surface area (Å²) < 4.78 is 0. The van der Waals surface area contributed by atoms with Crippen LogP contribution in [0.3, 0.4) is 0 Å². The first kappa shape index (κ1) is 10.3. The van der Waals surface area contributed by atoms with Crippen LogP contribution in [0.5, 0.6) is 0 Å². The van der Waals surface area contributed by atoms with Gasteiger partial charge in [-0.1, -0.05) is 19.1 Å². The molecule has 0 heterocycles. The van der Waals surface area contributed by atoms with Gasteiger partial charge in [0.15, 0.2) is 0 Å². The molecule has 3 heteroatoms. The summed E-state index contributed by atoms with van der Waals surface area (Å²) in [5.74, 6) is -0.918. The fraction of sp³-hybridized carbons (Fsp3) is 0.182. The minimum absolute atomic E-state index is 0.680. The molecular formula is C11H13NO2. The van der Waals surface area contributed by atoms with Gasteiger partial charge in [0.05, 0.1) is 0 Å². The van der Waals surface area contributed by atoms with Crippen molar-refractivity contribution < 1.29 is 9.90 Å². The number of nitrogen functional groups attached to an aromatic ring is 1. The lowest BCUT2D eigenvalue weighted by atomic mass is 10.0. The van der Waals surface area contributed by atoms with E-state index in [2.05, 4.69) is 0 Å². The first-order valence-electron chi connectivity index (χ1n) is 4.43. The molecule has 3 N–H and O–H groups in total. The molecule has 1 aromatic carbocycles. The highest BCUT2D eigenvalue weighted by atomic mass is 16.4. The first-order valence-corrected chi connectivity index (χ1v) is 4.43. The van der Waals surface area contributed by atoms with Gasteiger partial charge in [0.25, 0.3) is 0 Å². The summed E-state index contributed by atoms with van der Waals surface area (Å²) in [6.45, 7) is 1.92. The maximum Gasteiger partial charge on any atom is 0.328 e. The predicted octanol–water partition coefficient (Wildman–Crippen LogP) is 2.15. The number of benzene rings is 1. The van der Waals surface area contributed by atoms with E-state index in [0.717, 1.165) is 11.1 Å². The average molecular weight is 191 g/mol. The molecule has 1 rings (SSSR count). The fourth-order valence-corrected chi connectivity index (χ4v) is 1.24. The van der Waals surface area contributed by atoms with Crippen molar-refractivity contribution in [1.29, 1.82) is 0 Å². The van der Waals surface area contributed by atoms with E-state index in [-0.39, 0.29) is 0 Å². The number of nitrogens with two attached hydrogens (primary N) is 1. The lowest BCUT2D eigenvalue weighted by molar-refractivity contribution is -0.131. The Bertz CT molecular complexity index is 352. The molecule has 0 spiro atoms. The molecule has 74 valence electrons. The van der Waals surface area contributed by atoms with Gasteiger partial charge in [-0.2, -0.15) is 0 Å². The van der Waals surface area contributed by atoms with Gasteiger partial charge in [-0.15, -0.1) is 0 Å².